The van der Waals surface area contributed by atoms with Crippen molar-refractivity contribution in [2.24, 2.45) is 0 Å². The number of amides is 1. The summed E-state index contributed by atoms with van der Waals surface area (Å²) < 4.78 is 13.7. The van der Waals surface area contributed by atoms with Crippen LogP contribution < -0.4 is 5.32 Å². The van der Waals surface area contributed by atoms with Crippen molar-refractivity contribution in [3.05, 3.63) is 88.6 Å². The molecule has 0 radical (unpaired) electrons. The van der Waals surface area contributed by atoms with Crippen molar-refractivity contribution in [1.29, 1.82) is 0 Å². The number of nitrogens with one attached hydrogen (secondary N) is 1. The van der Waals surface area contributed by atoms with E-state index in [0.29, 0.717) is 15.7 Å². The van der Waals surface area contributed by atoms with Crippen LogP contribution in [0.3, 0.4) is 0 Å². The molecule has 1 amide bonds. The Bertz CT molecular complexity index is 849. The third-order valence-electron chi connectivity index (χ3n) is 3.44. The summed E-state index contributed by atoms with van der Waals surface area (Å²) in [4.78, 5) is 12.6. The van der Waals surface area contributed by atoms with Crippen molar-refractivity contribution < 1.29 is 9.18 Å². The summed E-state index contributed by atoms with van der Waals surface area (Å²) in [6, 6.07) is 21.3. The molecule has 0 unspecified atom stereocenters. The van der Waals surface area contributed by atoms with Crippen molar-refractivity contribution in [1.82, 2.24) is 0 Å². The van der Waals surface area contributed by atoms with E-state index in [1.807, 2.05) is 48.5 Å². The summed E-state index contributed by atoms with van der Waals surface area (Å²) >= 11 is 3.26. The molecule has 3 rings (SSSR count). The van der Waals surface area contributed by atoms with Crippen LogP contribution in [0.5, 0.6) is 0 Å². The van der Waals surface area contributed by atoms with E-state index in [-0.39, 0.29) is 11.7 Å². The molecule has 0 heterocycles. The van der Waals surface area contributed by atoms with Crippen LogP contribution in [0.25, 0.3) is 11.1 Å². The number of anilines is 1. The number of carbonyl (C=O) groups excluding carboxylic acids is 1. The first-order chi connectivity index (χ1) is 11.1. The highest BCUT2D eigenvalue weighted by molar-refractivity contribution is 9.10. The summed E-state index contributed by atoms with van der Waals surface area (Å²) in [5.41, 5.74) is 2.91. The van der Waals surface area contributed by atoms with Gasteiger partial charge in [-0.05, 0) is 51.3 Å². The second-order valence-electron chi connectivity index (χ2n) is 4.99. The standard InChI is InChI=1S/C19H13BrFNO/c20-17-12-14(21)10-11-18(17)22-19(23)16-9-5-4-8-15(16)13-6-2-1-3-7-13/h1-12H,(H,22,23). The highest BCUT2D eigenvalue weighted by atomic mass is 79.9. The zero-order chi connectivity index (χ0) is 16.2. The van der Waals surface area contributed by atoms with Crippen LogP contribution in [0.1, 0.15) is 10.4 Å². The number of rotatable bonds is 3. The van der Waals surface area contributed by atoms with Gasteiger partial charge in [-0.2, -0.15) is 0 Å². The molecule has 0 aliphatic rings. The normalized spacial score (nSPS) is 10.3. The van der Waals surface area contributed by atoms with Gasteiger partial charge in [0.15, 0.2) is 0 Å². The average Bonchev–Trinajstić information content (AvgIpc) is 2.58. The molecule has 0 bridgehead atoms. The topological polar surface area (TPSA) is 29.1 Å². The number of hydrogen-bond acceptors (Lipinski definition) is 1. The summed E-state index contributed by atoms with van der Waals surface area (Å²) in [5, 5.41) is 2.81. The Morgan fingerprint density at radius 2 is 1.61 bits per heavy atom. The van der Waals surface area contributed by atoms with E-state index in [1.54, 1.807) is 6.07 Å². The molecule has 0 aromatic heterocycles. The number of hydrogen-bond donors (Lipinski definition) is 1. The van der Waals surface area contributed by atoms with Crippen molar-refractivity contribution >= 4 is 27.5 Å². The second-order valence-corrected chi connectivity index (χ2v) is 5.84. The van der Waals surface area contributed by atoms with Crippen molar-refractivity contribution in [3.8, 4) is 11.1 Å². The molecule has 3 aromatic rings. The van der Waals surface area contributed by atoms with Gasteiger partial charge in [0.1, 0.15) is 5.82 Å². The van der Waals surface area contributed by atoms with Crippen molar-refractivity contribution in [2.75, 3.05) is 5.32 Å². The lowest BCUT2D eigenvalue weighted by Gasteiger charge is -2.11. The van der Waals surface area contributed by atoms with Crippen LogP contribution in [-0.2, 0) is 0 Å². The Balaban J connectivity index is 1.94. The van der Waals surface area contributed by atoms with Gasteiger partial charge in [-0.15, -0.1) is 0 Å². The molecule has 4 heteroatoms. The molecule has 0 saturated carbocycles. The second kappa shape index (κ2) is 6.75. The van der Waals surface area contributed by atoms with Crippen LogP contribution >= 0.6 is 15.9 Å². The number of halogens is 2. The minimum absolute atomic E-state index is 0.239. The highest BCUT2D eigenvalue weighted by Gasteiger charge is 2.13. The van der Waals surface area contributed by atoms with Crippen LogP contribution in [0.2, 0.25) is 0 Å². The van der Waals surface area contributed by atoms with Gasteiger partial charge in [0.25, 0.3) is 5.91 Å². The molecular formula is C19H13BrFNO. The Morgan fingerprint density at radius 1 is 0.913 bits per heavy atom. The Morgan fingerprint density at radius 3 is 2.35 bits per heavy atom. The first kappa shape index (κ1) is 15.4. The van der Waals surface area contributed by atoms with Crippen LogP contribution in [0, 0.1) is 5.82 Å². The van der Waals surface area contributed by atoms with Crippen LogP contribution in [0.4, 0.5) is 10.1 Å². The molecular weight excluding hydrogens is 357 g/mol. The first-order valence-electron chi connectivity index (χ1n) is 7.06. The maximum Gasteiger partial charge on any atom is 0.256 e. The van der Waals surface area contributed by atoms with Gasteiger partial charge in [0.2, 0.25) is 0 Å². The van der Waals surface area contributed by atoms with Gasteiger partial charge >= 0.3 is 0 Å². The fourth-order valence-corrected chi connectivity index (χ4v) is 2.78. The van der Waals surface area contributed by atoms with E-state index in [9.17, 15) is 9.18 Å². The van der Waals surface area contributed by atoms with Gasteiger partial charge in [0, 0.05) is 10.0 Å². The number of benzene rings is 3. The fourth-order valence-electron chi connectivity index (χ4n) is 2.33. The minimum atomic E-state index is -0.362. The summed E-state index contributed by atoms with van der Waals surface area (Å²) in [6.07, 6.45) is 0. The molecule has 1 N–H and O–H groups in total. The van der Waals surface area contributed by atoms with Gasteiger partial charge < -0.3 is 5.32 Å². The van der Waals surface area contributed by atoms with E-state index in [1.165, 1.54) is 18.2 Å². The minimum Gasteiger partial charge on any atom is -0.321 e. The van der Waals surface area contributed by atoms with Crippen molar-refractivity contribution in [3.63, 3.8) is 0 Å². The van der Waals surface area contributed by atoms with Crippen LogP contribution in [-0.4, -0.2) is 5.91 Å². The van der Waals surface area contributed by atoms with Crippen LogP contribution in [0.15, 0.2) is 77.3 Å². The molecule has 23 heavy (non-hydrogen) atoms. The Kier molecular flexibility index (Phi) is 4.53. The Labute approximate surface area is 142 Å². The zero-order valence-electron chi connectivity index (χ0n) is 12.1. The van der Waals surface area contributed by atoms with E-state index < -0.39 is 0 Å². The molecule has 0 saturated heterocycles. The molecule has 114 valence electrons. The van der Waals surface area contributed by atoms with E-state index in [4.69, 9.17) is 0 Å². The largest absolute Gasteiger partial charge is 0.321 e. The smallest absolute Gasteiger partial charge is 0.256 e. The third-order valence-corrected chi connectivity index (χ3v) is 4.09. The molecule has 0 atom stereocenters. The maximum absolute atomic E-state index is 13.2. The monoisotopic (exact) mass is 369 g/mol. The summed E-state index contributed by atoms with van der Waals surface area (Å²) in [7, 11) is 0. The first-order valence-corrected chi connectivity index (χ1v) is 7.85. The SMILES string of the molecule is O=C(Nc1ccc(F)cc1Br)c1ccccc1-c1ccccc1. The lowest BCUT2D eigenvalue weighted by molar-refractivity contribution is 0.102. The lowest BCUT2D eigenvalue weighted by Crippen LogP contribution is -2.13. The highest BCUT2D eigenvalue weighted by Crippen LogP contribution is 2.27. The average molecular weight is 370 g/mol. The molecule has 3 aromatic carbocycles. The molecule has 2 nitrogen and oxygen atoms in total. The fraction of sp³-hybridized carbons (Fsp3) is 0. The predicted molar refractivity (Wildman–Crippen MR) is 93.9 cm³/mol. The van der Waals surface area contributed by atoms with Crippen molar-refractivity contribution in [2.45, 2.75) is 0 Å². The summed E-state index contributed by atoms with van der Waals surface area (Å²) in [5.74, 6) is -0.601. The predicted octanol–water partition coefficient (Wildman–Crippen LogP) is 5.51. The zero-order valence-corrected chi connectivity index (χ0v) is 13.7. The lowest BCUT2D eigenvalue weighted by atomic mass is 9.99. The third kappa shape index (κ3) is 3.48. The van der Waals surface area contributed by atoms with E-state index in [2.05, 4.69) is 21.2 Å². The molecule has 0 aliphatic heterocycles. The molecule has 0 spiro atoms. The maximum atomic E-state index is 13.2. The Hall–Kier alpha value is -2.46. The van der Waals surface area contributed by atoms with Gasteiger partial charge in [-0.25, -0.2) is 4.39 Å². The molecule has 0 fully saturated rings. The van der Waals surface area contributed by atoms with E-state index >= 15 is 0 Å². The quantitative estimate of drug-likeness (QED) is 0.647. The molecule has 0 aliphatic carbocycles. The van der Waals surface area contributed by atoms with Gasteiger partial charge in [0.05, 0.1) is 5.69 Å². The van der Waals surface area contributed by atoms with Gasteiger partial charge in [-0.3, -0.25) is 4.79 Å². The van der Waals surface area contributed by atoms with Gasteiger partial charge in [-0.1, -0.05) is 48.5 Å². The number of carbonyl (C=O) groups is 1. The summed E-state index contributed by atoms with van der Waals surface area (Å²) in [6.45, 7) is 0. The van der Waals surface area contributed by atoms with E-state index in [0.717, 1.165) is 11.1 Å².